The molecule has 452 valence electrons. The number of ether oxygens (including phenoxy) is 4. The van der Waals surface area contributed by atoms with Crippen molar-refractivity contribution in [3.05, 3.63) is 36.5 Å². The van der Waals surface area contributed by atoms with Crippen LogP contribution in [0.5, 0.6) is 0 Å². The number of hydrogen-bond acceptors (Lipinski definition) is 8. The van der Waals surface area contributed by atoms with Gasteiger partial charge in [0.05, 0.1) is 40.3 Å². The number of rotatable bonds is 62. The lowest BCUT2D eigenvalue weighted by atomic mass is 10.0. The third kappa shape index (κ3) is 61.0. The van der Waals surface area contributed by atoms with E-state index in [2.05, 4.69) is 50.3 Å². The summed E-state index contributed by atoms with van der Waals surface area (Å²) in [4.78, 5) is 37.4. The number of allylic oxidation sites excluding steroid dienone is 6. The van der Waals surface area contributed by atoms with Crippen LogP contribution in [0.4, 0.5) is 0 Å². The highest BCUT2D eigenvalue weighted by molar-refractivity contribution is 5.70. The molecular formula is C68H127NO8. The summed E-state index contributed by atoms with van der Waals surface area (Å²) in [7, 11) is 5.93. The molecule has 0 aromatic rings. The largest absolute Gasteiger partial charge is 0.545 e. The van der Waals surface area contributed by atoms with Crippen molar-refractivity contribution in [3.63, 3.8) is 0 Å². The smallest absolute Gasteiger partial charge is 0.306 e. The maximum atomic E-state index is 12.9. The molecule has 0 aliphatic heterocycles. The highest BCUT2D eigenvalue weighted by atomic mass is 16.7. The van der Waals surface area contributed by atoms with Crippen LogP contribution in [0.2, 0.25) is 0 Å². The molecule has 9 nitrogen and oxygen atoms in total. The summed E-state index contributed by atoms with van der Waals surface area (Å²) in [5.74, 6) is -2.27. The predicted octanol–water partition coefficient (Wildman–Crippen LogP) is 18.7. The molecule has 0 rings (SSSR count). The minimum atomic E-state index is -1.62. The number of carboxylic acids is 1. The molecule has 2 unspecified atom stereocenters. The second kappa shape index (κ2) is 59.6. The first-order valence-electron chi connectivity index (χ1n) is 33.1. The Morgan fingerprint density at radius 3 is 1.04 bits per heavy atom. The zero-order valence-corrected chi connectivity index (χ0v) is 51.6. The normalized spacial score (nSPS) is 12.9. The summed E-state index contributed by atoms with van der Waals surface area (Å²) in [5, 5.41) is 11.8. The number of unbranched alkanes of at least 4 members (excludes halogenated alkanes) is 41. The van der Waals surface area contributed by atoms with Crippen LogP contribution < -0.4 is 5.11 Å². The summed E-state index contributed by atoms with van der Waals surface area (Å²) in [6.45, 7) is 4.78. The zero-order chi connectivity index (χ0) is 56.2. The van der Waals surface area contributed by atoms with Crippen molar-refractivity contribution in [1.82, 2.24) is 0 Å². The Balaban J connectivity index is 4.09. The Labute approximate surface area is 477 Å². The van der Waals surface area contributed by atoms with E-state index < -0.39 is 24.3 Å². The molecule has 0 aliphatic rings. The fourth-order valence-corrected chi connectivity index (χ4v) is 9.74. The number of carbonyl (C=O) groups excluding carboxylic acids is 3. The van der Waals surface area contributed by atoms with Gasteiger partial charge in [0.25, 0.3) is 0 Å². The maximum absolute atomic E-state index is 12.9. The van der Waals surface area contributed by atoms with Gasteiger partial charge in [-0.3, -0.25) is 9.59 Å². The molecular weight excluding hydrogens is 959 g/mol. The zero-order valence-electron chi connectivity index (χ0n) is 51.6. The molecule has 77 heavy (non-hydrogen) atoms. The molecule has 0 N–H and O–H groups in total. The second-order valence-electron chi connectivity index (χ2n) is 23.8. The molecule has 0 aliphatic carbocycles. The first-order valence-corrected chi connectivity index (χ1v) is 33.1. The molecule has 0 heterocycles. The number of aliphatic carboxylic acids is 1. The Hall–Kier alpha value is -2.49. The average molecular weight is 1090 g/mol. The Morgan fingerprint density at radius 1 is 0.390 bits per heavy atom. The lowest BCUT2D eigenvalue weighted by Gasteiger charge is -2.26. The van der Waals surface area contributed by atoms with Gasteiger partial charge in [-0.05, 0) is 70.6 Å². The molecule has 0 amide bonds. The number of quaternary nitrogens is 1. The van der Waals surface area contributed by atoms with Crippen LogP contribution in [0.1, 0.15) is 322 Å². The number of hydrogen-bond donors (Lipinski definition) is 0. The first-order chi connectivity index (χ1) is 37.6. The standard InChI is InChI=1S/C68H127NO8/c1-6-8-10-12-14-16-18-20-22-24-26-28-29-30-31-32-33-34-35-36-37-39-40-42-44-46-48-50-52-54-56-58-65(70)75-62-64(63-76-68(67(72)73)74-61-60-69(3,4)5)77-66(71)59-57-55-53-51-49-47-45-43-41-38-27-25-23-21-19-17-15-13-11-9-7-2/h19,21,24-27,64,68H,6-18,20,22-23,28-63H2,1-5H3/b21-19-,26-24-,27-25-. The highest BCUT2D eigenvalue weighted by Gasteiger charge is 2.22. The van der Waals surface area contributed by atoms with E-state index in [0.717, 1.165) is 51.4 Å². The molecule has 2 atom stereocenters. The second-order valence-corrected chi connectivity index (χ2v) is 23.8. The minimum Gasteiger partial charge on any atom is -0.545 e. The van der Waals surface area contributed by atoms with Crippen LogP contribution in [0.25, 0.3) is 0 Å². The topological polar surface area (TPSA) is 111 Å². The van der Waals surface area contributed by atoms with Crippen molar-refractivity contribution in [2.75, 3.05) is 47.5 Å². The number of esters is 2. The molecule has 0 bridgehead atoms. The maximum Gasteiger partial charge on any atom is 0.306 e. The lowest BCUT2D eigenvalue weighted by Crippen LogP contribution is -2.44. The van der Waals surface area contributed by atoms with Gasteiger partial charge in [0.2, 0.25) is 0 Å². The monoisotopic (exact) mass is 1090 g/mol. The van der Waals surface area contributed by atoms with Gasteiger partial charge >= 0.3 is 11.9 Å². The molecule has 0 radical (unpaired) electrons. The van der Waals surface area contributed by atoms with E-state index >= 15 is 0 Å². The van der Waals surface area contributed by atoms with Gasteiger partial charge in [-0.2, -0.15) is 0 Å². The fraction of sp³-hybridized carbons (Fsp3) is 0.868. The van der Waals surface area contributed by atoms with Crippen LogP contribution >= 0.6 is 0 Å². The van der Waals surface area contributed by atoms with Gasteiger partial charge in [-0.1, -0.05) is 275 Å². The Morgan fingerprint density at radius 2 is 0.701 bits per heavy atom. The lowest BCUT2D eigenvalue weighted by molar-refractivity contribution is -0.870. The Kier molecular flexibility index (Phi) is 57.7. The van der Waals surface area contributed by atoms with Crippen molar-refractivity contribution in [1.29, 1.82) is 0 Å². The summed E-state index contributed by atoms with van der Waals surface area (Å²) in [6, 6.07) is 0. The third-order valence-electron chi connectivity index (χ3n) is 14.9. The molecule has 0 aromatic carbocycles. The van der Waals surface area contributed by atoms with Crippen molar-refractivity contribution in [2.45, 2.75) is 334 Å². The highest BCUT2D eigenvalue weighted by Crippen LogP contribution is 2.18. The van der Waals surface area contributed by atoms with Gasteiger partial charge in [-0.25, -0.2) is 0 Å². The first kappa shape index (κ1) is 74.5. The van der Waals surface area contributed by atoms with Gasteiger partial charge in [-0.15, -0.1) is 0 Å². The number of carboxylic acid groups (broad SMARTS) is 1. The number of likely N-dealkylation sites (N-methyl/N-ethyl adjacent to an activating group) is 1. The van der Waals surface area contributed by atoms with Crippen LogP contribution in [0.15, 0.2) is 36.5 Å². The molecule has 0 saturated heterocycles. The van der Waals surface area contributed by atoms with E-state index in [1.807, 2.05) is 21.1 Å². The summed E-state index contributed by atoms with van der Waals surface area (Å²) in [6.07, 6.45) is 70.7. The molecule has 0 fully saturated rings. The van der Waals surface area contributed by atoms with E-state index in [-0.39, 0.29) is 32.2 Å². The number of nitrogens with zero attached hydrogens (tertiary/aromatic N) is 1. The molecule has 0 saturated carbocycles. The van der Waals surface area contributed by atoms with Gasteiger partial charge in [0.1, 0.15) is 13.2 Å². The average Bonchev–Trinajstić information content (AvgIpc) is 3.40. The summed E-state index contributed by atoms with van der Waals surface area (Å²) >= 11 is 0. The summed E-state index contributed by atoms with van der Waals surface area (Å²) < 4.78 is 22.8. The SMILES string of the molecule is CCCCCCC/C=C\C/C=C\CCCCCCCCCCCC(=O)OC(COC(=O)CCCCCCCCCCCCCCCCCCCCC/C=C\CCCCCCCCCC)COC(OCC[N+](C)(C)C)C(=O)[O-]. The van der Waals surface area contributed by atoms with Crippen LogP contribution in [-0.2, 0) is 33.3 Å². The fourth-order valence-electron chi connectivity index (χ4n) is 9.74. The predicted molar refractivity (Wildman–Crippen MR) is 325 cm³/mol. The van der Waals surface area contributed by atoms with Crippen molar-refractivity contribution < 1.29 is 42.9 Å². The van der Waals surface area contributed by atoms with Crippen molar-refractivity contribution >= 4 is 17.9 Å². The van der Waals surface area contributed by atoms with E-state index in [1.165, 1.54) is 238 Å². The third-order valence-corrected chi connectivity index (χ3v) is 14.9. The number of carbonyl (C=O) groups is 3. The van der Waals surface area contributed by atoms with E-state index in [9.17, 15) is 19.5 Å². The van der Waals surface area contributed by atoms with Gasteiger partial charge < -0.3 is 33.3 Å². The van der Waals surface area contributed by atoms with Gasteiger partial charge in [0.15, 0.2) is 12.4 Å². The van der Waals surface area contributed by atoms with Crippen LogP contribution in [0, 0.1) is 0 Å². The van der Waals surface area contributed by atoms with Crippen LogP contribution in [-0.4, -0.2) is 82.3 Å². The van der Waals surface area contributed by atoms with E-state index in [1.54, 1.807) is 0 Å². The summed E-state index contributed by atoms with van der Waals surface area (Å²) in [5.41, 5.74) is 0. The molecule has 0 spiro atoms. The Bertz CT molecular complexity index is 1360. The quantitative estimate of drug-likeness (QED) is 0.0195. The van der Waals surface area contributed by atoms with E-state index in [4.69, 9.17) is 18.9 Å². The van der Waals surface area contributed by atoms with Crippen LogP contribution in [0.3, 0.4) is 0 Å². The molecule has 0 aromatic heterocycles. The van der Waals surface area contributed by atoms with E-state index in [0.29, 0.717) is 23.9 Å². The molecule has 9 heteroatoms. The van der Waals surface area contributed by atoms with Crippen molar-refractivity contribution in [2.24, 2.45) is 0 Å². The van der Waals surface area contributed by atoms with Crippen molar-refractivity contribution in [3.8, 4) is 0 Å². The minimum absolute atomic E-state index is 0.148. The van der Waals surface area contributed by atoms with Gasteiger partial charge in [0, 0.05) is 12.8 Å².